The summed E-state index contributed by atoms with van der Waals surface area (Å²) in [6.07, 6.45) is 0. The van der Waals surface area contributed by atoms with E-state index in [9.17, 15) is 0 Å². The van der Waals surface area contributed by atoms with Crippen LogP contribution in [-0.4, -0.2) is 19.6 Å². The predicted octanol–water partition coefficient (Wildman–Crippen LogP) is 11.7. The third-order valence-corrected chi connectivity index (χ3v) is 14.9. The topological polar surface area (TPSA) is 28.0 Å². The molecular weight excluding hydrogens is 671 g/mol. The van der Waals surface area contributed by atoms with Crippen molar-refractivity contribution in [2.24, 2.45) is 9.98 Å². The van der Waals surface area contributed by atoms with Crippen molar-refractivity contribution in [3.63, 3.8) is 0 Å². The van der Waals surface area contributed by atoms with E-state index in [2.05, 4.69) is 183 Å². The molecule has 0 amide bonds. The molecule has 2 atom stereocenters. The number of benzene rings is 6. The minimum Gasteiger partial charge on any atom is -0.310 e. The molecule has 52 heavy (non-hydrogen) atoms. The quantitative estimate of drug-likeness (QED) is 0.184. The van der Waals surface area contributed by atoms with Crippen LogP contribution >= 0.6 is 23.5 Å². The molecule has 5 aliphatic rings. The number of anilines is 3. The van der Waals surface area contributed by atoms with Crippen molar-refractivity contribution < 1.29 is 0 Å². The van der Waals surface area contributed by atoms with Crippen molar-refractivity contribution in [2.75, 3.05) is 4.90 Å². The van der Waals surface area contributed by atoms with Crippen LogP contribution in [0.3, 0.4) is 0 Å². The van der Waals surface area contributed by atoms with Crippen molar-refractivity contribution in [1.29, 1.82) is 0 Å². The Morgan fingerprint density at radius 3 is 1.48 bits per heavy atom. The second-order valence-electron chi connectivity index (χ2n) is 14.3. The first kappa shape index (κ1) is 30.3. The zero-order valence-electron chi connectivity index (χ0n) is 28.7. The van der Waals surface area contributed by atoms with Gasteiger partial charge in [-0.2, -0.15) is 0 Å². The SMILES string of the molecule is CC12SC(c3ccccc3)=NC1=C1C(=C3N=C(c4ccccc4)SC32C)C2(c3ccccc31)c1ccccc1N(c1ccccc1)c1ccccc12. The second kappa shape index (κ2) is 10.8. The summed E-state index contributed by atoms with van der Waals surface area (Å²) in [5.74, 6) is 0. The lowest BCUT2D eigenvalue weighted by Crippen LogP contribution is -2.49. The van der Waals surface area contributed by atoms with E-state index in [0.29, 0.717) is 0 Å². The molecule has 5 heteroatoms. The van der Waals surface area contributed by atoms with Crippen molar-refractivity contribution in [3.8, 4) is 0 Å². The summed E-state index contributed by atoms with van der Waals surface area (Å²) in [7, 11) is 0. The van der Waals surface area contributed by atoms with Gasteiger partial charge in [0.2, 0.25) is 0 Å². The molecule has 2 unspecified atom stereocenters. The van der Waals surface area contributed by atoms with Gasteiger partial charge in [0.15, 0.2) is 0 Å². The molecular formula is C47H33N3S2. The Labute approximate surface area is 312 Å². The molecule has 0 saturated heterocycles. The van der Waals surface area contributed by atoms with Gasteiger partial charge in [0.05, 0.1) is 37.7 Å². The highest BCUT2D eigenvalue weighted by Gasteiger charge is 2.67. The Morgan fingerprint density at radius 1 is 0.462 bits per heavy atom. The van der Waals surface area contributed by atoms with E-state index in [-0.39, 0.29) is 4.75 Å². The first-order valence-electron chi connectivity index (χ1n) is 17.8. The van der Waals surface area contributed by atoms with Crippen LogP contribution in [-0.2, 0) is 5.41 Å². The summed E-state index contributed by atoms with van der Waals surface area (Å²) < 4.78 is -0.814. The van der Waals surface area contributed by atoms with Gasteiger partial charge in [-0.15, -0.1) is 0 Å². The minimum atomic E-state index is -0.624. The first-order valence-corrected chi connectivity index (χ1v) is 19.5. The number of thioether (sulfide) groups is 2. The van der Waals surface area contributed by atoms with E-state index in [1.807, 2.05) is 23.5 Å². The van der Waals surface area contributed by atoms with Crippen molar-refractivity contribution in [2.45, 2.75) is 28.8 Å². The molecule has 1 spiro atoms. The fraction of sp³-hybridized carbons (Fsp3) is 0.106. The van der Waals surface area contributed by atoms with E-state index in [1.54, 1.807) is 0 Å². The highest BCUT2D eigenvalue weighted by Crippen LogP contribution is 2.73. The van der Waals surface area contributed by atoms with Crippen molar-refractivity contribution in [1.82, 2.24) is 0 Å². The first-order chi connectivity index (χ1) is 25.5. The maximum atomic E-state index is 5.80. The van der Waals surface area contributed by atoms with Gasteiger partial charge in [0.1, 0.15) is 10.1 Å². The molecule has 0 radical (unpaired) electrons. The van der Waals surface area contributed by atoms with Crippen LogP contribution in [0.2, 0.25) is 0 Å². The molecule has 3 aliphatic heterocycles. The molecule has 2 aliphatic carbocycles. The Bertz CT molecular complexity index is 2560. The average Bonchev–Trinajstić information content (AvgIpc) is 3.85. The second-order valence-corrected chi connectivity index (χ2v) is 17.1. The average molecular weight is 704 g/mol. The number of para-hydroxylation sites is 3. The van der Waals surface area contributed by atoms with Gasteiger partial charge in [0, 0.05) is 28.0 Å². The Morgan fingerprint density at radius 2 is 0.904 bits per heavy atom. The van der Waals surface area contributed by atoms with Crippen LogP contribution in [0.15, 0.2) is 191 Å². The summed E-state index contributed by atoms with van der Waals surface area (Å²) in [6.45, 7) is 4.85. The summed E-state index contributed by atoms with van der Waals surface area (Å²) in [6, 6.07) is 59.4. The molecule has 3 nitrogen and oxygen atoms in total. The summed E-state index contributed by atoms with van der Waals surface area (Å²) in [5, 5.41) is 2.13. The van der Waals surface area contributed by atoms with Gasteiger partial charge in [-0.25, -0.2) is 9.98 Å². The van der Waals surface area contributed by atoms with E-state index in [1.165, 1.54) is 44.8 Å². The number of hydrogen-bond acceptors (Lipinski definition) is 5. The Kier molecular flexibility index (Phi) is 6.31. The molecule has 0 fully saturated rings. The van der Waals surface area contributed by atoms with Gasteiger partial charge in [0.25, 0.3) is 0 Å². The lowest BCUT2D eigenvalue weighted by atomic mass is 9.61. The van der Waals surface area contributed by atoms with Crippen LogP contribution in [0.5, 0.6) is 0 Å². The number of hydrogen-bond donors (Lipinski definition) is 0. The number of allylic oxidation sites excluding steroid dienone is 2. The maximum Gasteiger partial charge on any atom is 0.105 e. The molecule has 0 bridgehead atoms. The normalized spacial score (nSPS) is 23.0. The highest BCUT2D eigenvalue weighted by molar-refractivity contribution is 8.20. The lowest BCUT2D eigenvalue weighted by molar-refractivity contribution is 0.578. The monoisotopic (exact) mass is 703 g/mol. The summed E-state index contributed by atoms with van der Waals surface area (Å²) >= 11 is 3.82. The van der Waals surface area contributed by atoms with Crippen LogP contribution in [0.25, 0.3) is 5.57 Å². The van der Waals surface area contributed by atoms with Gasteiger partial charge in [-0.1, -0.05) is 163 Å². The van der Waals surface area contributed by atoms with E-state index >= 15 is 0 Å². The van der Waals surface area contributed by atoms with Crippen molar-refractivity contribution >= 4 is 56.2 Å². The largest absolute Gasteiger partial charge is 0.310 e. The Balaban J connectivity index is 1.31. The predicted molar refractivity (Wildman–Crippen MR) is 219 cm³/mol. The molecule has 248 valence electrons. The number of fused-ring (bicyclic) bond motifs is 12. The zero-order valence-corrected chi connectivity index (χ0v) is 30.4. The Hall–Kier alpha value is -5.36. The van der Waals surface area contributed by atoms with E-state index in [0.717, 1.165) is 38.3 Å². The zero-order chi connectivity index (χ0) is 34.7. The molecule has 6 aromatic rings. The summed E-state index contributed by atoms with van der Waals surface area (Å²) in [5.41, 5.74) is 15.1. The van der Waals surface area contributed by atoms with Gasteiger partial charge in [-0.05, 0) is 60.4 Å². The smallest absolute Gasteiger partial charge is 0.105 e. The van der Waals surface area contributed by atoms with Crippen LogP contribution < -0.4 is 4.90 Å². The molecule has 3 heterocycles. The summed E-state index contributed by atoms with van der Waals surface area (Å²) in [4.78, 5) is 13.9. The molecule has 0 N–H and O–H groups in total. The van der Waals surface area contributed by atoms with E-state index < -0.39 is 10.2 Å². The fourth-order valence-electron chi connectivity index (χ4n) is 9.28. The maximum absolute atomic E-state index is 5.80. The van der Waals surface area contributed by atoms with Gasteiger partial charge in [-0.3, -0.25) is 0 Å². The minimum absolute atomic E-state index is 0.389. The number of nitrogens with zero attached hydrogens (tertiary/aromatic N) is 3. The number of rotatable bonds is 3. The third kappa shape index (κ3) is 3.75. The fourth-order valence-corrected chi connectivity index (χ4v) is 12.2. The number of aliphatic imine (C=N–C) groups is 2. The van der Waals surface area contributed by atoms with E-state index in [4.69, 9.17) is 9.98 Å². The molecule has 11 rings (SSSR count). The lowest BCUT2D eigenvalue weighted by Gasteiger charge is -2.49. The van der Waals surface area contributed by atoms with Gasteiger partial charge >= 0.3 is 0 Å². The standard InChI is InChI=1S/C47H33N3S2/c1-45-41(48-43(51-45)30-18-6-3-7-19-30)39-33-24-12-13-25-34(33)47(40(39)42-46(45,2)52-44(49-42)31-20-8-4-9-21-31)35-26-14-16-28-37(35)50(32-22-10-5-11-23-32)38-29-17-15-27-36(38)47/h3-29H,1-2H3. The molecule has 0 saturated carbocycles. The van der Waals surface area contributed by atoms with Crippen molar-refractivity contribution in [3.05, 3.63) is 214 Å². The van der Waals surface area contributed by atoms with Crippen LogP contribution in [0.1, 0.15) is 47.2 Å². The molecule has 0 aromatic heterocycles. The van der Waals surface area contributed by atoms with Gasteiger partial charge < -0.3 is 4.90 Å². The van der Waals surface area contributed by atoms with Crippen LogP contribution in [0.4, 0.5) is 17.1 Å². The molecule has 6 aromatic carbocycles. The third-order valence-electron chi connectivity index (χ3n) is 11.7. The van der Waals surface area contributed by atoms with Crippen LogP contribution in [0, 0.1) is 0 Å². The highest BCUT2D eigenvalue weighted by atomic mass is 32.2.